The van der Waals surface area contributed by atoms with Crippen LogP contribution in [0.1, 0.15) is 6.92 Å². The molecule has 2 saturated heterocycles. The Kier molecular flexibility index (Phi) is 4.81. The van der Waals surface area contributed by atoms with Crippen LogP contribution in [0.2, 0.25) is 0 Å². The molecular formula is C22H20N6O7S. The lowest BCUT2D eigenvalue weighted by Crippen LogP contribution is -2.55. The average molecular weight is 513 g/mol. The number of ether oxygens (including phenoxy) is 2. The number of aromatic nitrogens is 1. The number of ketones is 2. The van der Waals surface area contributed by atoms with Gasteiger partial charge in [0.2, 0.25) is 10.9 Å². The maximum Gasteiger partial charge on any atom is 0.404 e. The molecule has 0 radical (unpaired) electrons. The number of primary amides is 1. The third-order valence-corrected chi connectivity index (χ3v) is 8.24. The number of allylic oxidation sites excluding steroid dienone is 1. The van der Waals surface area contributed by atoms with E-state index in [0.717, 1.165) is 11.3 Å². The molecule has 2 fully saturated rings. The van der Waals surface area contributed by atoms with E-state index in [1.165, 1.54) is 25.3 Å². The summed E-state index contributed by atoms with van der Waals surface area (Å²) >= 11 is 1.08. The second-order valence-corrected chi connectivity index (χ2v) is 10.1. The van der Waals surface area contributed by atoms with E-state index in [9.17, 15) is 24.5 Å². The average Bonchev–Trinajstić information content (AvgIpc) is 3.25. The number of Topliss-reactive ketones (excluding diaryl/α,β-unsaturated/α-hetero) is 2. The number of nitrogens with one attached hydrogen (secondary N) is 1. The molecule has 1 amide bonds. The van der Waals surface area contributed by atoms with Crippen LogP contribution in [-0.2, 0) is 19.1 Å². The molecule has 0 saturated carbocycles. The standard InChI is InChI=1S/C22H20N6O7S/c1-8-15(26-21-25-11-4-3-9(28(32)33)5-13(11)36-21)18(30)14-10(7-35-20(23)31)22(34-2)19-12(24-19)6-27(22)16(14)17(8)29/h3-5,8,10,12,19,24H,6-7H2,1-2H3,(H2,23,31). The van der Waals surface area contributed by atoms with E-state index >= 15 is 0 Å². The molecule has 1 aromatic heterocycles. The summed E-state index contributed by atoms with van der Waals surface area (Å²) in [6, 6.07) is 4.18. The highest BCUT2D eigenvalue weighted by Gasteiger charge is 2.73. The van der Waals surface area contributed by atoms with Crippen molar-refractivity contribution in [1.29, 1.82) is 0 Å². The molecule has 4 aliphatic rings. The predicted molar refractivity (Wildman–Crippen MR) is 126 cm³/mol. The largest absolute Gasteiger partial charge is 0.449 e. The van der Waals surface area contributed by atoms with Gasteiger partial charge in [0.05, 0.1) is 38.7 Å². The van der Waals surface area contributed by atoms with Crippen LogP contribution in [0.15, 0.2) is 34.5 Å². The molecule has 5 unspecified atom stereocenters. The smallest absolute Gasteiger partial charge is 0.404 e. The minimum absolute atomic E-state index is 0.00381. The summed E-state index contributed by atoms with van der Waals surface area (Å²) in [6.45, 7) is 1.84. The van der Waals surface area contributed by atoms with Crippen molar-refractivity contribution in [2.45, 2.75) is 24.7 Å². The number of benzene rings is 1. The van der Waals surface area contributed by atoms with Crippen molar-refractivity contribution < 1.29 is 28.8 Å². The Morgan fingerprint density at radius 2 is 2.22 bits per heavy atom. The highest BCUT2D eigenvalue weighted by molar-refractivity contribution is 7.22. The van der Waals surface area contributed by atoms with Gasteiger partial charge in [0.25, 0.3) is 5.69 Å². The van der Waals surface area contributed by atoms with Gasteiger partial charge in [-0.05, 0) is 13.0 Å². The minimum Gasteiger partial charge on any atom is -0.449 e. The maximum absolute atomic E-state index is 13.9. The lowest BCUT2D eigenvalue weighted by molar-refractivity contribution is -0.384. The molecule has 14 heteroatoms. The summed E-state index contributed by atoms with van der Waals surface area (Å²) in [5.41, 5.74) is 5.00. The van der Waals surface area contributed by atoms with Gasteiger partial charge in [-0.2, -0.15) is 0 Å². The molecule has 1 aromatic carbocycles. The SMILES string of the molecule is COC12C(COC(N)=O)C3=C(C(=O)C(C)C(=Nc4nc5ccc([N+](=O)[O-])cc5s4)C3=O)N1CC1NC12. The van der Waals surface area contributed by atoms with Crippen LogP contribution in [0.3, 0.4) is 0 Å². The van der Waals surface area contributed by atoms with E-state index in [1.807, 2.05) is 4.90 Å². The van der Waals surface area contributed by atoms with Gasteiger partial charge in [0, 0.05) is 37.4 Å². The number of methoxy groups -OCH3 is 1. The number of thiazole rings is 1. The van der Waals surface area contributed by atoms with E-state index in [-0.39, 0.29) is 52.3 Å². The minimum atomic E-state index is -1.07. The number of amides is 1. The Hall–Kier alpha value is -3.75. The Labute approximate surface area is 207 Å². The summed E-state index contributed by atoms with van der Waals surface area (Å²) in [7, 11) is 1.50. The zero-order valence-corrected chi connectivity index (χ0v) is 19.9. The summed E-state index contributed by atoms with van der Waals surface area (Å²) < 4.78 is 11.6. The van der Waals surface area contributed by atoms with Gasteiger partial charge in [-0.15, -0.1) is 0 Å². The lowest BCUT2D eigenvalue weighted by atomic mass is 9.78. The van der Waals surface area contributed by atoms with Crippen molar-refractivity contribution in [2.75, 3.05) is 20.3 Å². The number of hydrogen-bond acceptors (Lipinski definition) is 12. The monoisotopic (exact) mass is 512 g/mol. The number of nitrogens with two attached hydrogens (primary N) is 1. The number of nitrogens with zero attached hydrogens (tertiary/aromatic N) is 4. The van der Waals surface area contributed by atoms with Crippen molar-refractivity contribution in [1.82, 2.24) is 15.2 Å². The fourth-order valence-electron chi connectivity index (χ4n) is 5.69. The summed E-state index contributed by atoms with van der Waals surface area (Å²) in [4.78, 5) is 60.1. The van der Waals surface area contributed by atoms with Gasteiger partial charge in [-0.3, -0.25) is 19.7 Å². The van der Waals surface area contributed by atoms with Crippen LogP contribution in [0.25, 0.3) is 10.2 Å². The summed E-state index contributed by atoms with van der Waals surface area (Å²) in [5.74, 6) is -2.36. The molecule has 13 nitrogen and oxygen atoms in total. The molecule has 3 N–H and O–H groups in total. The summed E-state index contributed by atoms with van der Waals surface area (Å²) in [5, 5.41) is 14.6. The number of nitro groups is 1. The molecule has 6 rings (SSSR count). The zero-order chi connectivity index (χ0) is 25.5. The molecule has 186 valence electrons. The fraction of sp³-hybridized carbons (Fsp3) is 0.409. The van der Waals surface area contributed by atoms with E-state index in [0.29, 0.717) is 16.8 Å². The molecule has 2 aromatic rings. The first kappa shape index (κ1) is 22.7. The number of piperazine rings is 1. The van der Waals surface area contributed by atoms with Crippen molar-refractivity contribution in [2.24, 2.45) is 22.6 Å². The molecule has 3 aliphatic heterocycles. The highest BCUT2D eigenvalue weighted by Crippen LogP contribution is 2.55. The second-order valence-electron chi connectivity index (χ2n) is 9.08. The molecule has 0 bridgehead atoms. The number of carbonyl (C=O) groups excluding carboxylic acids is 3. The van der Waals surface area contributed by atoms with Crippen LogP contribution in [0, 0.1) is 22.0 Å². The van der Waals surface area contributed by atoms with Crippen LogP contribution in [-0.4, -0.2) is 76.2 Å². The van der Waals surface area contributed by atoms with E-state index < -0.39 is 34.4 Å². The third kappa shape index (κ3) is 2.98. The van der Waals surface area contributed by atoms with Crippen LogP contribution >= 0.6 is 11.3 Å². The normalized spacial score (nSPS) is 31.6. The van der Waals surface area contributed by atoms with Gasteiger partial charge in [0.15, 0.2) is 11.5 Å². The number of rotatable bonds is 5. The first-order chi connectivity index (χ1) is 17.2. The Bertz CT molecular complexity index is 1450. The van der Waals surface area contributed by atoms with Crippen molar-refractivity contribution in [3.63, 3.8) is 0 Å². The van der Waals surface area contributed by atoms with E-state index in [2.05, 4.69) is 15.3 Å². The van der Waals surface area contributed by atoms with Crippen molar-refractivity contribution >= 4 is 55.7 Å². The Morgan fingerprint density at radius 3 is 2.92 bits per heavy atom. The first-order valence-corrected chi connectivity index (χ1v) is 12.0. The second kappa shape index (κ2) is 7.62. The molecule has 0 spiro atoms. The highest BCUT2D eigenvalue weighted by atomic mass is 32.1. The van der Waals surface area contributed by atoms with Gasteiger partial charge < -0.3 is 25.4 Å². The number of nitro benzene ring substituents is 1. The van der Waals surface area contributed by atoms with Gasteiger partial charge in [0.1, 0.15) is 12.3 Å². The van der Waals surface area contributed by atoms with Gasteiger partial charge in [-0.25, -0.2) is 14.8 Å². The van der Waals surface area contributed by atoms with Gasteiger partial charge in [-0.1, -0.05) is 11.3 Å². The molecule has 36 heavy (non-hydrogen) atoms. The number of fused-ring (bicyclic) bond motifs is 5. The van der Waals surface area contributed by atoms with E-state index in [4.69, 9.17) is 15.2 Å². The molecule has 4 heterocycles. The number of aliphatic imine (C=N–C) groups is 1. The van der Waals surface area contributed by atoms with Crippen molar-refractivity contribution in [3.8, 4) is 0 Å². The van der Waals surface area contributed by atoms with Crippen molar-refractivity contribution in [3.05, 3.63) is 39.6 Å². The summed E-state index contributed by atoms with van der Waals surface area (Å²) in [6.07, 6.45) is -0.999. The van der Waals surface area contributed by atoms with E-state index in [1.54, 1.807) is 6.92 Å². The third-order valence-electron chi connectivity index (χ3n) is 7.33. The van der Waals surface area contributed by atoms with Crippen LogP contribution in [0.5, 0.6) is 0 Å². The maximum atomic E-state index is 13.9. The van der Waals surface area contributed by atoms with Crippen LogP contribution < -0.4 is 11.1 Å². The topological polar surface area (TPSA) is 189 Å². The number of hydrogen-bond donors (Lipinski definition) is 2. The Balaban J connectivity index is 1.44. The quantitative estimate of drug-likeness (QED) is 0.333. The first-order valence-electron chi connectivity index (χ1n) is 11.1. The molecular weight excluding hydrogens is 492 g/mol. The Morgan fingerprint density at radius 1 is 1.44 bits per heavy atom. The molecule has 1 aliphatic carbocycles. The van der Waals surface area contributed by atoms with Crippen LogP contribution in [0.4, 0.5) is 15.6 Å². The number of carbonyl (C=O) groups is 3. The predicted octanol–water partition coefficient (Wildman–Crippen LogP) is 1.04. The molecule has 5 atom stereocenters. The van der Waals surface area contributed by atoms with Gasteiger partial charge >= 0.3 is 6.09 Å². The lowest BCUT2D eigenvalue weighted by Gasteiger charge is -2.39. The fourth-order valence-corrected chi connectivity index (χ4v) is 6.58. The number of non-ortho nitro benzene ring substituents is 1. The zero-order valence-electron chi connectivity index (χ0n) is 19.1.